The zero-order valence-electron chi connectivity index (χ0n) is 4.96. The molecule has 2 aliphatic heterocycles. The minimum Gasteiger partial charge on any atom is -0.479 e. The van der Waals surface area contributed by atoms with E-state index in [0.717, 1.165) is 12.8 Å². The Morgan fingerprint density at radius 2 is 2.33 bits per heavy atom. The van der Waals surface area contributed by atoms with Crippen molar-refractivity contribution in [1.82, 2.24) is 0 Å². The lowest BCUT2D eigenvalue weighted by atomic mass is 9.75. The van der Waals surface area contributed by atoms with Crippen LogP contribution in [-0.2, 0) is 9.53 Å². The Morgan fingerprint density at radius 3 is 2.56 bits per heavy atom. The van der Waals surface area contributed by atoms with E-state index in [9.17, 15) is 4.79 Å². The number of hydrogen-bond donors (Lipinski definition) is 1. The molecule has 3 rings (SSSR count). The Hall–Kier alpha value is -0.570. The van der Waals surface area contributed by atoms with Gasteiger partial charge < -0.3 is 9.84 Å². The maximum absolute atomic E-state index is 10.4. The second-order valence-corrected chi connectivity index (χ2v) is 2.88. The molecule has 1 saturated carbocycles. The van der Waals surface area contributed by atoms with Crippen molar-refractivity contribution in [3.63, 3.8) is 0 Å². The smallest absolute Gasteiger partial charge is 0.335 e. The Bertz CT molecular complexity index is 152. The molecule has 0 aromatic carbocycles. The molecule has 3 aliphatic rings. The molecule has 1 aliphatic carbocycles. The van der Waals surface area contributed by atoms with Crippen molar-refractivity contribution in [1.29, 1.82) is 0 Å². The number of ether oxygens (including phenoxy) is 1. The van der Waals surface area contributed by atoms with Gasteiger partial charge in [0.25, 0.3) is 0 Å². The topological polar surface area (TPSA) is 46.5 Å². The molecule has 1 N–H and O–H groups in total. The van der Waals surface area contributed by atoms with Gasteiger partial charge >= 0.3 is 5.97 Å². The fraction of sp³-hybridized carbons (Fsp3) is 0.833. The van der Waals surface area contributed by atoms with Gasteiger partial charge in [-0.1, -0.05) is 0 Å². The number of carboxylic acid groups (broad SMARTS) is 1. The van der Waals surface area contributed by atoms with E-state index in [1.54, 1.807) is 0 Å². The SMILES string of the molecule is O=C(O)C12CC(CO1)C2. The van der Waals surface area contributed by atoms with E-state index in [-0.39, 0.29) is 0 Å². The summed E-state index contributed by atoms with van der Waals surface area (Å²) in [7, 11) is 0. The van der Waals surface area contributed by atoms with Crippen molar-refractivity contribution in [3.05, 3.63) is 0 Å². The fourth-order valence-corrected chi connectivity index (χ4v) is 1.62. The number of rotatable bonds is 1. The molecule has 0 radical (unpaired) electrons. The Balaban J connectivity index is 2.19. The van der Waals surface area contributed by atoms with Gasteiger partial charge in [0.05, 0.1) is 6.61 Å². The van der Waals surface area contributed by atoms with Gasteiger partial charge in [-0.25, -0.2) is 4.79 Å². The van der Waals surface area contributed by atoms with Crippen LogP contribution < -0.4 is 0 Å². The molecular formula is C6H8O3. The largest absolute Gasteiger partial charge is 0.479 e. The van der Waals surface area contributed by atoms with Crippen molar-refractivity contribution in [2.75, 3.05) is 6.61 Å². The van der Waals surface area contributed by atoms with Crippen LogP contribution in [0.2, 0.25) is 0 Å². The van der Waals surface area contributed by atoms with Gasteiger partial charge in [0, 0.05) is 0 Å². The lowest BCUT2D eigenvalue weighted by Crippen LogP contribution is -2.44. The second kappa shape index (κ2) is 1.29. The van der Waals surface area contributed by atoms with Crippen molar-refractivity contribution in [3.8, 4) is 0 Å². The molecule has 3 fully saturated rings. The minimum atomic E-state index is -0.781. The van der Waals surface area contributed by atoms with Crippen molar-refractivity contribution in [2.45, 2.75) is 18.4 Å². The minimum absolute atomic E-state index is 0.543. The summed E-state index contributed by atoms with van der Waals surface area (Å²) >= 11 is 0. The molecule has 2 saturated heterocycles. The lowest BCUT2D eigenvalue weighted by molar-refractivity contribution is -0.162. The first-order valence-corrected chi connectivity index (χ1v) is 3.10. The normalized spacial score (nSPS) is 46.4. The molecule has 0 unspecified atom stereocenters. The molecule has 0 aromatic heterocycles. The van der Waals surface area contributed by atoms with E-state index in [0.29, 0.717) is 12.5 Å². The van der Waals surface area contributed by atoms with Gasteiger partial charge in [-0.05, 0) is 18.8 Å². The summed E-state index contributed by atoms with van der Waals surface area (Å²) in [5.41, 5.74) is -0.745. The van der Waals surface area contributed by atoms with Crippen LogP contribution in [0.1, 0.15) is 12.8 Å². The molecule has 50 valence electrons. The summed E-state index contributed by atoms with van der Waals surface area (Å²) < 4.78 is 5.08. The summed E-state index contributed by atoms with van der Waals surface area (Å²) in [6.07, 6.45) is 1.48. The van der Waals surface area contributed by atoms with Crippen LogP contribution in [0.5, 0.6) is 0 Å². The van der Waals surface area contributed by atoms with E-state index in [1.165, 1.54) is 0 Å². The molecule has 0 atom stereocenters. The zero-order chi connectivity index (χ0) is 6.48. The first kappa shape index (κ1) is 5.23. The van der Waals surface area contributed by atoms with Gasteiger partial charge in [-0.2, -0.15) is 0 Å². The summed E-state index contributed by atoms with van der Waals surface area (Å²) in [5.74, 6) is -0.239. The van der Waals surface area contributed by atoms with Crippen LogP contribution in [0.25, 0.3) is 0 Å². The van der Waals surface area contributed by atoms with Gasteiger partial charge in [0.2, 0.25) is 0 Å². The lowest BCUT2D eigenvalue weighted by Gasteiger charge is -2.30. The van der Waals surface area contributed by atoms with Crippen LogP contribution in [0.15, 0.2) is 0 Å². The van der Waals surface area contributed by atoms with E-state index < -0.39 is 11.6 Å². The average molecular weight is 128 g/mol. The van der Waals surface area contributed by atoms with Gasteiger partial charge in [0.1, 0.15) is 0 Å². The van der Waals surface area contributed by atoms with E-state index in [2.05, 4.69) is 0 Å². The van der Waals surface area contributed by atoms with Crippen LogP contribution >= 0.6 is 0 Å². The average Bonchev–Trinajstić information content (AvgIpc) is 2.13. The quantitative estimate of drug-likeness (QED) is 0.550. The van der Waals surface area contributed by atoms with Gasteiger partial charge in [-0.3, -0.25) is 0 Å². The predicted octanol–water partition coefficient (Wildman–Crippen LogP) is 0.250. The summed E-state index contributed by atoms with van der Waals surface area (Å²) in [6, 6.07) is 0. The maximum atomic E-state index is 10.4. The summed E-state index contributed by atoms with van der Waals surface area (Å²) in [6.45, 7) is 0.659. The van der Waals surface area contributed by atoms with Crippen LogP contribution in [0.3, 0.4) is 0 Å². The highest BCUT2D eigenvalue weighted by Crippen LogP contribution is 2.48. The third-order valence-electron chi connectivity index (χ3n) is 2.22. The number of carboxylic acids is 1. The molecule has 0 amide bonds. The first-order valence-electron chi connectivity index (χ1n) is 3.10. The molecule has 3 heteroatoms. The maximum Gasteiger partial charge on any atom is 0.335 e. The summed E-state index contributed by atoms with van der Waals surface area (Å²) in [5, 5.41) is 8.59. The van der Waals surface area contributed by atoms with E-state index >= 15 is 0 Å². The van der Waals surface area contributed by atoms with Crippen LogP contribution in [0.4, 0.5) is 0 Å². The number of carbonyl (C=O) groups is 1. The number of aliphatic carboxylic acids is 1. The highest BCUT2D eigenvalue weighted by atomic mass is 16.5. The predicted molar refractivity (Wildman–Crippen MR) is 29.0 cm³/mol. The van der Waals surface area contributed by atoms with E-state index in [1.807, 2.05) is 0 Å². The Kier molecular flexibility index (Phi) is 0.750. The van der Waals surface area contributed by atoms with E-state index in [4.69, 9.17) is 9.84 Å². The number of fused-ring (bicyclic) bond motifs is 1. The molecule has 2 heterocycles. The van der Waals surface area contributed by atoms with Crippen LogP contribution in [0, 0.1) is 5.92 Å². The Morgan fingerprint density at radius 1 is 1.67 bits per heavy atom. The van der Waals surface area contributed by atoms with Crippen LogP contribution in [-0.4, -0.2) is 23.3 Å². The molecule has 3 nitrogen and oxygen atoms in total. The third kappa shape index (κ3) is 0.477. The first-order chi connectivity index (χ1) is 4.23. The fourth-order valence-electron chi connectivity index (χ4n) is 1.62. The highest BCUT2D eigenvalue weighted by Gasteiger charge is 2.57. The van der Waals surface area contributed by atoms with Gasteiger partial charge in [-0.15, -0.1) is 0 Å². The monoisotopic (exact) mass is 128 g/mol. The standard InChI is InChI=1S/C6H8O3/c7-5(8)6-1-4(2-6)3-9-6/h4H,1-3H2,(H,7,8). The number of hydrogen-bond acceptors (Lipinski definition) is 2. The zero-order valence-corrected chi connectivity index (χ0v) is 4.96. The third-order valence-corrected chi connectivity index (χ3v) is 2.22. The van der Waals surface area contributed by atoms with Gasteiger partial charge in [0.15, 0.2) is 5.60 Å². The summed E-state index contributed by atoms with van der Waals surface area (Å²) in [4.78, 5) is 10.4. The molecule has 2 bridgehead atoms. The molecular weight excluding hydrogens is 120 g/mol. The van der Waals surface area contributed by atoms with Crippen molar-refractivity contribution < 1.29 is 14.6 Å². The molecule has 0 aromatic rings. The molecule has 0 spiro atoms. The Labute approximate surface area is 52.6 Å². The van der Waals surface area contributed by atoms with Crippen molar-refractivity contribution in [2.24, 2.45) is 5.92 Å². The van der Waals surface area contributed by atoms with Crippen molar-refractivity contribution >= 4 is 5.97 Å². The molecule has 9 heavy (non-hydrogen) atoms. The highest BCUT2D eigenvalue weighted by molar-refractivity contribution is 5.79. The second-order valence-electron chi connectivity index (χ2n) is 2.88.